The largest absolute Gasteiger partial charge is 0.444 e. The fourth-order valence-electron chi connectivity index (χ4n) is 4.47. The summed E-state index contributed by atoms with van der Waals surface area (Å²) in [5.74, 6) is -0.366. The van der Waals surface area contributed by atoms with E-state index in [1.54, 1.807) is 72.1 Å². The van der Waals surface area contributed by atoms with Crippen LogP contribution in [0.4, 0.5) is 14.4 Å². The summed E-state index contributed by atoms with van der Waals surface area (Å²) in [7, 11) is 0. The number of ether oxygens (including phenoxy) is 3. The van der Waals surface area contributed by atoms with Crippen LogP contribution in [0.2, 0.25) is 0 Å². The predicted molar refractivity (Wildman–Crippen MR) is 165 cm³/mol. The molecule has 0 spiro atoms. The molecule has 2 heterocycles. The lowest BCUT2D eigenvalue weighted by atomic mass is 10.1. The zero-order valence-electron chi connectivity index (χ0n) is 28.5. The molecule has 3 N–H and O–H groups in total. The number of aliphatic hydroxyl groups is 1. The first-order chi connectivity index (χ1) is 20.6. The van der Waals surface area contributed by atoms with Crippen molar-refractivity contribution in [2.24, 2.45) is 0 Å². The molecule has 0 bridgehead atoms. The van der Waals surface area contributed by atoms with Crippen LogP contribution in [-0.4, -0.2) is 110 Å². The number of piperazine rings is 1. The van der Waals surface area contributed by atoms with E-state index in [2.05, 4.69) is 20.9 Å². The second kappa shape index (κ2) is 15.6. The number of nitrogens with zero attached hydrogens (tertiary/aromatic N) is 5. The topological polar surface area (TPSA) is 177 Å². The quantitative estimate of drug-likeness (QED) is 0.253. The second-order valence-electron chi connectivity index (χ2n) is 14.2. The fraction of sp³-hybridized carbons (Fsp3) is 0.800. The van der Waals surface area contributed by atoms with Crippen LogP contribution in [0.15, 0.2) is 6.20 Å². The number of carbonyl (C=O) groups is 4. The molecule has 256 valence electrons. The molecule has 0 aromatic carbocycles. The van der Waals surface area contributed by atoms with E-state index in [1.165, 1.54) is 17.8 Å². The Morgan fingerprint density at radius 1 is 0.844 bits per heavy atom. The van der Waals surface area contributed by atoms with Gasteiger partial charge in [0.15, 0.2) is 6.04 Å². The number of aliphatic hydroxyl groups excluding tert-OH is 1. The molecule has 1 aromatic rings. The number of hydrogen-bond acceptors (Lipinski definition) is 10. The van der Waals surface area contributed by atoms with Gasteiger partial charge in [0.2, 0.25) is 5.91 Å². The Kier molecular flexibility index (Phi) is 13.0. The second-order valence-corrected chi connectivity index (χ2v) is 14.2. The number of nitrogens with one attached hydrogen (secondary N) is 2. The van der Waals surface area contributed by atoms with Crippen LogP contribution in [0.1, 0.15) is 106 Å². The van der Waals surface area contributed by atoms with Crippen LogP contribution < -0.4 is 10.6 Å². The van der Waals surface area contributed by atoms with E-state index in [4.69, 9.17) is 14.2 Å². The molecular formula is C30H53N7O8. The lowest BCUT2D eigenvalue weighted by molar-refractivity contribution is -0.140. The highest BCUT2D eigenvalue weighted by molar-refractivity contribution is 5.81. The van der Waals surface area contributed by atoms with Gasteiger partial charge in [-0.15, -0.1) is 5.10 Å². The normalized spacial score (nSPS) is 16.3. The fourth-order valence-corrected chi connectivity index (χ4v) is 4.47. The van der Waals surface area contributed by atoms with Gasteiger partial charge in [-0.1, -0.05) is 5.21 Å². The molecule has 1 aliphatic heterocycles. The molecule has 1 saturated heterocycles. The maximum absolute atomic E-state index is 13.6. The first kappa shape index (κ1) is 37.6. The molecule has 15 heteroatoms. The Hall–Kier alpha value is -3.62. The molecule has 3 atom stereocenters. The molecule has 2 rings (SSSR count). The van der Waals surface area contributed by atoms with Crippen molar-refractivity contribution in [2.45, 2.75) is 123 Å². The molecular weight excluding hydrogens is 586 g/mol. The molecule has 15 nitrogen and oxygen atoms in total. The molecule has 0 radical (unpaired) electrons. The number of unbranched alkanes of at least 4 members (excludes halogenated alkanes) is 1. The van der Waals surface area contributed by atoms with E-state index in [9.17, 15) is 24.3 Å². The molecule has 0 aliphatic carbocycles. The first-order valence-corrected chi connectivity index (χ1v) is 15.5. The average Bonchev–Trinajstić information content (AvgIpc) is 3.34. The van der Waals surface area contributed by atoms with Crippen molar-refractivity contribution in [1.82, 2.24) is 35.4 Å². The van der Waals surface area contributed by atoms with Crippen molar-refractivity contribution in [3.8, 4) is 0 Å². The van der Waals surface area contributed by atoms with Gasteiger partial charge < -0.3 is 39.8 Å². The van der Waals surface area contributed by atoms with E-state index < -0.39 is 53.3 Å². The van der Waals surface area contributed by atoms with Crippen LogP contribution in [-0.2, 0) is 19.0 Å². The van der Waals surface area contributed by atoms with Gasteiger partial charge in [-0.25, -0.2) is 19.1 Å². The lowest BCUT2D eigenvalue weighted by Gasteiger charge is -2.37. The van der Waals surface area contributed by atoms with Crippen LogP contribution in [0, 0.1) is 0 Å². The number of alkyl carbamates (subject to hydrolysis) is 2. The van der Waals surface area contributed by atoms with Gasteiger partial charge in [0.1, 0.15) is 22.5 Å². The van der Waals surface area contributed by atoms with E-state index in [0.717, 1.165) is 0 Å². The number of carbonyl (C=O) groups excluding carboxylic acids is 4. The number of hydrogen-bond donors (Lipinski definition) is 3. The van der Waals surface area contributed by atoms with Crippen molar-refractivity contribution in [1.29, 1.82) is 0 Å². The van der Waals surface area contributed by atoms with Gasteiger partial charge in [-0.2, -0.15) is 0 Å². The van der Waals surface area contributed by atoms with Gasteiger partial charge in [0.05, 0.1) is 18.3 Å². The van der Waals surface area contributed by atoms with Crippen LogP contribution in [0.5, 0.6) is 0 Å². The van der Waals surface area contributed by atoms with Crippen LogP contribution >= 0.6 is 0 Å². The third-order valence-corrected chi connectivity index (χ3v) is 6.40. The summed E-state index contributed by atoms with van der Waals surface area (Å²) in [5.41, 5.74) is -1.56. The highest BCUT2D eigenvalue weighted by Crippen LogP contribution is 2.23. The van der Waals surface area contributed by atoms with Crippen molar-refractivity contribution >= 4 is 24.2 Å². The van der Waals surface area contributed by atoms with E-state index in [-0.39, 0.29) is 19.0 Å². The van der Waals surface area contributed by atoms with Gasteiger partial charge in [0, 0.05) is 32.7 Å². The molecule has 1 aliphatic rings. The minimum atomic E-state index is -1.10. The van der Waals surface area contributed by atoms with Gasteiger partial charge in [-0.3, -0.25) is 4.79 Å². The summed E-state index contributed by atoms with van der Waals surface area (Å²) in [6.07, 6.45) is 0.488. The SMILES string of the molecule is CC(O)[C@@H](C(=O)N1CCN(C(=O)OC(C)(C)C)CC1)n1cc([C@H](CCCCNC(=O)OC(C)(C)C)NC(=O)OC(C)(C)C)nn1. The highest BCUT2D eigenvalue weighted by atomic mass is 16.6. The zero-order chi connectivity index (χ0) is 34.2. The van der Waals surface area contributed by atoms with Crippen LogP contribution in [0.3, 0.4) is 0 Å². The van der Waals surface area contributed by atoms with Crippen molar-refractivity contribution in [3.05, 3.63) is 11.9 Å². The first-order valence-electron chi connectivity index (χ1n) is 15.5. The summed E-state index contributed by atoms with van der Waals surface area (Å²) < 4.78 is 17.4. The van der Waals surface area contributed by atoms with E-state index >= 15 is 0 Å². The van der Waals surface area contributed by atoms with E-state index in [0.29, 0.717) is 44.6 Å². The summed E-state index contributed by atoms with van der Waals surface area (Å²) in [5, 5.41) is 24.5. The third-order valence-electron chi connectivity index (χ3n) is 6.40. The standard InChI is InChI=1S/C30H53N7O8/c1-20(38)23(24(39)35-15-17-36(18-16-35)27(42)45-30(8,9)10)37-19-22(33-34-37)21(32-26(41)44-29(5,6)7)13-11-12-14-31-25(40)43-28(2,3)4/h19-21,23,38H,11-18H2,1-10H3,(H,31,40)(H,32,41)/t20?,21-,23-/m0/s1. The Labute approximate surface area is 266 Å². The Balaban J connectivity index is 2.10. The predicted octanol–water partition coefficient (Wildman–Crippen LogP) is 3.54. The average molecular weight is 640 g/mol. The van der Waals surface area contributed by atoms with Crippen molar-refractivity contribution in [2.75, 3.05) is 32.7 Å². The van der Waals surface area contributed by atoms with E-state index in [1.807, 2.05) is 0 Å². The number of aromatic nitrogens is 3. The summed E-state index contributed by atoms with van der Waals surface area (Å²) in [6, 6.07) is -1.68. The Bertz CT molecular complexity index is 1140. The minimum Gasteiger partial charge on any atom is -0.444 e. The van der Waals surface area contributed by atoms with Crippen molar-refractivity contribution < 1.29 is 38.5 Å². The Morgan fingerprint density at radius 2 is 1.38 bits per heavy atom. The maximum atomic E-state index is 13.6. The minimum absolute atomic E-state index is 0.267. The smallest absolute Gasteiger partial charge is 0.410 e. The maximum Gasteiger partial charge on any atom is 0.410 e. The molecule has 1 aromatic heterocycles. The monoisotopic (exact) mass is 639 g/mol. The van der Waals surface area contributed by atoms with Gasteiger partial charge >= 0.3 is 18.3 Å². The van der Waals surface area contributed by atoms with Gasteiger partial charge in [-0.05, 0) is 88.5 Å². The number of amides is 4. The molecule has 1 fully saturated rings. The molecule has 1 unspecified atom stereocenters. The number of rotatable bonds is 10. The zero-order valence-corrected chi connectivity index (χ0v) is 28.5. The molecule has 0 saturated carbocycles. The molecule has 45 heavy (non-hydrogen) atoms. The Morgan fingerprint density at radius 3 is 1.91 bits per heavy atom. The van der Waals surface area contributed by atoms with Crippen molar-refractivity contribution in [3.63, 3.8) is 0 Å². The lowest BCUT2D eigenvalue weighted by Crippen LogP contribution is -2.54. The summed E-state index contributed by atoms with van der Waals surface area (Å²) >= 11 is 0. The summed E-state index contributed by atoms with van der Waals surface area (Å²) in [6.45, 7) is 19.0. The van der Waals surface area contributed by atoms with Gasteiger partial charge in [0.25, 0.3) is 0 Å². The summed E-state index contributed by atoms with van der Waals surface area (Å²) in [4.78, 5) is 53.7. The molecule has 4 amide bonds. The highest BCUT2D eigenvalue weighted by Gasteiger charge is 2.35. The van der Waals surface area contributed by atoms with Crippen LogP contribution in [0.25, 0.3) is 0 Å². The third kappa shape index (κ3) is 13.5.